The second kappa shape index (κ2) is 8.23. The number of thiocarbonyl (C=S) groups is 1. The lowest BCUT2D eigenvalue weighted by atomic mass is 10.1. The van der Waals surface area contributed by atoms with Gasteiger partial charge in [0.15, 0.2) is 5.11 Å². The molecule has 0 amide bonds. The number of benzene rings is 3. The van der Waals surface area contributed by atoms with E-state index in [0.717, 1.165) is 18.7 Å². The summed E-state index contributed by atoms with van der Waals surface area (Å²) >= 11 is 5.15. The van der Waals surface area contributed by atoms with Crippen LogP contribution in [0.3, 0.4) is 0 Å². The number of para-hydroxylation sites is 1. The summed E-state index contributed by atoms with van der Waals surface area (Å²) in [5.41, 5.74) is 6.37. The predicted octanol–water partition coefficient (Wildman–Crippen LogP) is 4.66. The molecule has 4 nitrogen and oxygen atoms in total. The van der Waals surface area contributed by atoms with Crippen molar-refractivity contribution in [3.8, 4) is 0 Å². The van der Waals surface area contributed by atoms with Crippen LogP contribution in [0, 0.1) is 0 Å². The number of nitrogens with one attached hydrogen (secondary N) is 2. The Morgan fingerprint density at radius 3 is 2.68 bits per heavy atom. The van der Waals surface area contributed by atoms with Crippen LogP contribution in [0.1, 0.15) is 18.1 Å². The molecule has 0 aliphatic carbocycles. The zero-order chi connectivity index (χ0) is 19.3. The number of nitrogens with zero attached hydrogens (tertiary/aromatic N) is 2. The fourth-order valence-electron chi connectivity index (χ4n) is 3.40. The molecular formula is C23H22N4S. The molecule has 0 atom stereocenters. The summed E-state index contributed by atoms with van der Waals surface area (Å²) in [6.07, 6.45) is 3.96. The third-order valence-electron chi connectivity index (χ3n) is 4.69. The summed E-state index contributed by atoms with van der Waals surface area (Å²) in [6.45, 7) is 3.58. The lowest BCUT2D eigenvalue weighted by Gasteiger charge is -2.07. The van der Waals surface area contributed by atoms with Crippen LogP contribution in [0.4, 0.5) is 0 Å². The Morgan fingerprint density at radius 1 is 1.04 bits per heavy atom. The van der Waals surface area contributed by atoms with E-state index in [2.05, 4.69) is 93.3 Å². The van der Waals surface area contributed by atoms with Crippen LogP contribution in [0.2, 0.25) is 0 Å². The second-order valence-corrected chi connectivity index (χ2v) is 7.05. The summed E-state index contributed by atoms with van der Waals surface area (Å²) in [7, 11) is 0. The van der Waals surface area contributed by atoms with Crippen LogP contribution in [0.5, 0.6) is 0 Å². The van der Waals surface area contributed by atoms with Crippen molar-refractivity contribution in [3.63, 3.8) is 0 Å². The first-order chi connectivity index (χ1) is 13.7. The van der Waals surface area contributed by atoms with Gasteiger partial charge in [-0.15, -0.1) is 0 Å². The molecule has 4 aromatic rings. The maximum Gasteiger partial charge on any atom is 0.186 e. The van der Waals surface area contributed by atoms with Crippen LogP contribution in [-0.2, 0) is 6.54 Å². The summed E-state index contributed by atoms with van der Waals surface area (Å²) in [4.78, 5) is 0. The van der Waals surface area contributed by atoms with Crippen molar-refractivity contribution < 1.29 is 0 Å². The van der Waals surface area contributed by atoms with Crippen LogP contribution in [0.25, 0.3) is 21.7 Å². The van der Waals surface area contributed by atoms with E-state index >= 15 is 0 Å². The lowest BCUT2D eigenvalue weighted by Crippen LogP contribution is -2.31. The van der Waals surface area contributed by atoms with Crippen molar-refractivity contribution in [1.29, 1.82) is 0 Å². The molecule has 4 rings (SSSR count). The SMILES string of the molecule is CCNC(=S)N/N=C/c1cn(Cc2ccc3ccccc3c2)c2ccccc12. The van der Waals surface area contributed by atoms with Gasteiger partial charge in [-0.25, -0.2) is 0 Å². The van der Waals surface area contributed by atoms with Gasteiger partial charge in [0.2, 0.25) is 0 Å². The van der Waals surface area contributed by atoms with Gasteiger partial charge in [0.05, 0.1) is 6.21 Å². The zero-order valence-corrected chi connectivity index (χ0v) is 16.5. The van der Waals surface area contributed by atoms with Gasteiger partial charge in [-0.3, -0.25) is 5.43 Å². The number of hydrogen-bond donors (Lipinski definition) is 2. The smallest absolute Gasteiger partial charge is 0.186 e. The first-order valence-electron chi connectivity index (χ1n) is 9.37. The highest BCUT2D eigenvalue weighted by Gasteiger charge is 2.07. The third-order valence-corrected chi connectivity index (χ3v) is 4.93. The van der Waals surface area contributed by atoms with Crippen molar-refractivity contribution >= 4 is 45.2 Å². The largest absolute Gasteiger partial charge is 0.362 e. The summed E-state index contributed by atoms with van der Waals surface area (Å²) in [5.74, 6) is 0. The summed E-state index contributed by atoms with van der Waals surface area (Å²) in [5, 5.41) is 11.5. The number of hydrogen-bond acceptors (Lipinski definition) is 2. The minimum absolute atomic E-state index is 0.527. The third kappa shape index (κ3) is 3.89. The molecule has 0 aliphatic heterocycles. The van der Waals surface area contributed by atoms with Crippen molar-refractivity contribution in [3.05, 3.63) is 84.1 Å². The number of aromatic nitrogens is 1. The van der Waals surface area contributed by atoms with Gasteiger partial charge in [0.25, 0.3) is 0 Å². The molecule has 0 radical (unpaired) electrons. The van der Waals surface area contributed by atoms with Crippen LogP contribution >= 0.6 is 12.2 Å². The fraction of sp³-hybridized carbons (Fsp3) is 0.130. The molecule has 0 bridgehead atoms. The van der Waals surface area contributed by atoms with Gasteiger partial charge in [-0.1, -0.05) is 54.6 Å². The fourth-order valence-corrected chi connectivity index (χ4v) is 3.60. The average Bonchev–Trinajstić information content (AvgIpc) is 3.06. The second-order valence-electron chi connectivity index (χ2n) is 6.64. The van der Waals surface area contributed by atoms with E-state index in [1.165, 1.54) is 27.2 Å². The van der Waals surface area contributed by atoms with E-state index in [9.17, 15) is 0 Å². The Morgan fingerprint density at radius 2 is 1.82 bits per heavy atom. The van der Waals surface area contributed by atoms with Crippen molar-refractivity contribution in [1.82, 2.24) is 15.3 Å². The minimum atomic E-state index is 0.527. The monoisotopic (exact) mass is 386 g/mol. The van der Waals surface area contributed by atoms with E-state index in [1.54, 1.807) is 0 Å². The normalized spacial score (nSPS) is 11.3. The zero-order valence-electron chi connectivity index (χ0n) is 15.7. The lowest BCUT2D eigenvalue weighted by molar-refractivity contribution is 0.837. The average molecular weight is 387 g/mol. The number of hydrazone groups is 1. The molecular weight excluding hydrogens is 364 g/mol. The maximum absolute atomic E-state index is 5.15. The number of rotatable bonds is 5. The first kappa shape index (κ1) is 18.2. The molecule has 28 heavy (non-hydrogen) atoms. The highest BCUT2D eigenvalue weighted by molar-refractivity contribution is 7.80. The van der Waals surface area contributed by atoms with Gasteiger partial charge < -0.3 is 9.88 Å². The summed E-state index contributed by atoms with van der Waals surface area (Å²) < 4.78 is 2.27. The van der Waals surface area contributed by atoms with E-state index in [0.29, 0.717) is 5.11 Å². The minimum Gasteiger partial charge on any atom is -0.362 e. The van der Waals surface area contributed by atoms with E-state index in [-0.39, 0.29) is 0 Å². The molecule has 0 saturated heterocycles. The topological polar surface area (TPSA) is 41.4 Å². The van der Waals surface area contributed by atoms with Crippen molar-refractivity contribution in [2.45, 2.75) is 13.5 Å². The molecule has 140 valence electrons. The Balaban J connectivity index is 1.63. The van der Waals surface area contributed by atoms with Gasteiger partial charge in [-0.2, -0.15) is 5.10 Å². The molecule has 1 aromatic heterocycles. The van der Waals surface area contributed by atoms with Crippen molar-refractivity contribution in [2.75, 3.05) is 6.54 Å². The quantitative estimate of drug-likeness (QED) is 0.298. The van der Waals surface area contributed by atoms with Gasteiger partial charge in [0.1, 0.15) is 0 Å². The Labute approximate surface area is 169 Å². The molecule has 5 heteroatoms. The molecule has 0 aliphatic rings. The van der Waals surface area contributed by atoms with Gasteiger partial charge >= 0.3 is 0 Å². The van der Waals surface area contributed by atoms with Gasteiger partial charge in [-0.05, 0) is 47.6 Å². The Kier molecular flexibility index (Phi) is 5.35. The molecule has 0 spiro atoms. The van der Waals surface area contributed by atoms with Crippen LogP contribution in [0.15, 0.2) is 78.0 Å². The molecule has 2 N–H and O–H groups in total. The highest BCUT2D eigenvalue weighted by Crippen LogP contribution is 2.22. The van der Waals surface area contributed by atoms with Crippen molar-refractivity contribution in [2.24, 2.45) is 5.10 Å². The molecule has 3 aromatic carbocycles. The van der Waals surface area contributed by atoms with E-state index in [1.807, 2.05) is 13.1 Å². The maximum atomic E-state index is 5.15. The molecule has 0 saturated carbocycles. The Bertz CT molecular complexity index is 1160. The highest BCUT2D eigenvalue weighted by atomic mass is 32.1. The molecule has 0 unspecified atom stereocenters. The van der Waals surface area contributed by atoms with Gasteiger partial charge in [0, 0.05) is 35.8 Å². The number of fused-ring (bicyclic) bond motifs is 2. The van der Waals surface area contributed by atoms with Crippen LogP contribution < -0.4 is 10.7 Å². The Hall–Kier alpha value is -3.18. The molecule has 1 heterocycles. The predicted molar refractivity (Wildman–Crippen MR) is 122 cm³/mol. The van der Waals surface area contributed by atoms with E-state index in [4.69, 9.17) is 12.2 Å². The first-order valence-corrected chi connectivity index (χ1v) is 9.78. The molecule has 0 fully saturated rings. The van der Waals surface area contributed by atoms with Crippen LogP contribution in [-0.4, -0.2) is 22.4 Å². The standard InChI is InChI=1S/C23H22N4S/c1-2-24-23(28)26-25-14-20-16-27(22-10-6-5-9-21(20)22)15-17-11-12-18-7-3-4-8-19(18)13-17/h3-14,16H,2,15H2,1H3,(H2,24,26,28)/b25-14+. The summed E-state index contributed by atoms with van der Waals surface area (Å²) in [6, 6.07) is 23.5. The van der Waals surface area contributed by atoms with E-state index < -0.39 is 0 Å².